The van der Waals surface area contributed by atoms with Crippen LogP contribution >= 0.6 is 0 Å². The maximum absolute atomic E-state index is 12.0. The summed E-state index contributed by atoms with van der Waals surface area (Å²) in [7, 11) is 0. The highest BCUT2D eigenvalue weighted by Crippen LogP contribution is 2.46. The number of aryl methyl sites for hydroxylation is 1. The summed E-state index contributed by atoms with van der Waals surface area (Å²) >= 11 is 0. The van der Waals surface area contributed by atoms with Crippen molar-refractivity contribution in [1.29, 1.82) is 0 Å². The van der Waals surface area contributed by atoms with Crippen molar-refractivity contribution in [3.8, 4) is 0 Å². The second-order valence-corrected chi connectivity index (χ2v) is 5.15. The lowest BCUT2D eigenvalue weighted by molar-refractivity contribution is -0.133. The molecule has 0 spiro atoms. The highest BCUT2D eigenvalue weighted by atomic mass is 16.1. The van der Waals surface area contributed by atoms with Crippen LogP contribution in [0, 0.1) is 5.41 Å². The quantitative estimate of drug-likeness (QED) is 0.790. The number of rotatable bonds is 5. The molecule has 92 valence electrons. The van der Waals surface area contributed by atoms with Crippen LogP contribution in [-0.2, 0) is 11.2 Å². The lowest BCUT2D eigenvalue weighted by atomic mass is 9.62. The second-order valence-electron chi connectivity index (χ2n) is 5.15. The minimum Gasteiger partial charge on any atom is -0.399 e. The lowest BCUT2D eigenvalue weighted by Crippen LogP contribution is -2.38. The number of benzene rings is 1. The molecule has 1 fully saturated rings. The van der Waals surface area contributed by atoms with Crippen molar-refractivity contribution in [3.05, 3.63) is 29.8 Å². The maximum Gasteiger partial charge on any atom is 0.138 e. The molecule has 2 rings (SSSR count). The van der Waals surface area contributed by atoms with Gasteiger partial charge in [-0.3, -0.25) is 4.79 Å². The number of ketones is 1. The third-order valence-electron chi connectivity index (χ3n) is 4.10. The number of hydrogen-bond donors (Lipinski definition) is 1. The average molecular weight is 231 g/mol. The Balaban J connectivity index is 1.96. The summed E-state index contributed by atoms with van der Waals surface area (Å²) in [6, 6.07) is 8.01. The van der Waals surface area contributed by atoms with E-state index in [1.54, 1.807) is 0 Å². The molecule has 2 nitrogen and oxygen atoms in total. The standard InChI is InChI=1S/C15H21NO/c1-2-14(17)15(9-3-10-15)11-8-12-4-6-13(16)7-5-12/h4-7H,2-3,8-11,16H2,1H3. The Kier molecular flexibility index (Phi) is 3.51. The van der Waals surface area contributed by atoms with Crippen LogP contribution in [-0.4, -0.2) is 5.78 Å². The van der Waals surface area contributed by atoms with Crippen molar-refractivity contribution in [2.24, 2.45) is 5.41 Å². The fourth-order valence-electron chi connectivity index (χ4n) is 2.71. The molecular formula is C15H21NO. The predicted octanol–water partition coefficient (Wildman–Crippen LogP) is 3.35. The summed E-state index contributed by atoms with van der Waals surface area (Å²) in [5, 5.41) is 0. The smallest absolute Gasteiger partial charge is 0.138 e. The number of nitrogens with two attached hydrogens (primary N) is 1. The summed E-state index contributed by atoms with van der Waals surface area (Å²) in [4.78, 5) is 12.0. The highest BCUT2D eigenvalue weighted by molar-refractivity contribution is 5.85. The number of carbonyl (C=O) groups is 1. The Hall–Kier alpha value is -1.31. The zero-order valence-electron chi connectivity index (χ0n) is 10.5. The van der Waals surface area contributed by atoms with E-state index in [4.69, 9.17) is 5.73 Å². The summed E-state index contributed by atoms with van der Waals surface area (Å²) in [5.74, 6) is 0.458. The molecule has 0 heterocycles. The molecule has 17 heavy (non-hydrogen) atoms. The zero-order chi connectivity index (χ0) is 12.3. The largest absolute Gasteiger partial charge is 0.399 e. The van der Waals surface area contributed by atoms with Gasteiger partial charge in [-0.05, 0) is 43.4 Å². The molecule has 1 aromatic rings. The van der Waals surface area contributed by atoms with E-state index in [0.717, 1.165) is 31.4 Å². The molecule has 0 aliphatic heterocycles. The molecule has 2 N–H and O–H groups in total. The first-order valence-electron chi connectivity index (χ1n) is 6.54. The summed E-state index contributed by atoms with van der Waals surface area (Å²) < 4.78 is 0. The SMILES string of the molecule is CCC(=O)C1(CCc2ccc(N)cc2)CCC1. The number of carbonyl (C=O) groups excluding carboxylic acids is 1. The van der Waals surface area contributed by atoms with Crippen molar-refractivity contribution < 1.29 is 4.79 Å². The van der Waals surface area contributed by atoms with E-state index in [1.807, 2.05) is 19.1 Å². The summed E-state index contributed by atoms with van der Waals surface area (Å²) in [6.07, 6.45) is 6.08. The van der Waals surface area contributed by atoms with Gasteiger partial charge in [-0.2, -0.15) is 0 Å². The summed E-state index contributed by atoms with van der Waals surface area (Å²) in [5.41, 5.74) is 7.76. The highest BCUT2D eigenvalue weighted by Gasteiger charge is 2.41. The van der Waals surface area contributed by atoms with Crippen molar-refractivity contribution in [3.63, 3.8) is 0 Å². The maximum atomic E-state index is 12.0. The lowest BCUT2D eigenvalue weighted by Gasteiger charge is -2.40. The molecule has 0 atom stereocenters. The van der Waals surface area contributed by atoms with Crippen LogP contribution in [0.3, 0.4) is 0 Å². The number of hydrogen-bond acceptors (Lipinski definition) is 2. The predicted molar refractivity (Wildman–Crippen MR) is 70.8 cm³/mol. The molecule has 2 heteroatoms. The van der Waals surface area contributed by atoms with Crippen LogP contribution in [0.2, 0.25) is 0 Å². The minimum absolute atomic E-state index is 0.0101. The molecule has 0 bridgehead atoms. The molecule has 0 unspecified atom stereocenters. The van der Waals surface area contributed by atoms with Gasteiger partial charge in [0.2, 0.25) is 0 Å². The average Bonchev–Trinajstić information content (AvgIpc) is 2.29. The second kappa shape index (κ2) is 4.91. The van der Waals surface area contributed by atoms with E-state index in [9.17, 15) is 4.79 Å². The molecule has 0 saturated heterocycles. The number of Topliss-reactive ketones (excluding diaryl/α,β-unsaturated/α-hetero) is 1. The van der Waals surface area contributed by atoms with Crippen molar-refractivity contribution in [2.75, 3.05) is 5.73 Å². The molecule has 0 aromatic heterocycles. The van der Waals surface area contributed by atoms with E-state index in [2.05, 4.69) is 12.1 Å². The number of anilines is 1. The van der Waals surface area contributed by atoms with E-state index in [-0.39, 0.29) is 5.41 Å². The van der Waals surface area contributed by atoms with Gasteiger partial charge in [-0.1, -0.05) is 25.5 Å². The molecule has 0 amide bonds. The van der Waals surface area contributed by atoms with Gasteiger partial charge in [0.15, 0.2) is 0 Å². The fraction of sp³-hybridized carbons (Fsp3) is 0.533. The topological polar surface area (TPSA) is 43.1 Å². The third-order valence-corrected chi connectivity index (χ3v) is 4.10. The van der Waals surface area contributed by atoms with Crippen LogP contribution in [0.15, 0.2) is 24.3 Å². The monoisotopic (exact) mass is 231 g/mol. The normalized spacial score (nSPS) is 17.5. The van der Waals surface area contributed by atoms with Crippen LogP contribution in [0.4, 0.5) is 5.69 Å². The van der Waals surface area contributed by atoms with Gasteiger partial charge in [-0.25, -0.2) is 0 Å². The Bertz CT molecular complexity index is 390. The molecule has 1 aliphatic rings. The molecular weight excluding hydrogens is 210 g/mol. The fourth-order valence-corrected chi connectivity index (χ4v) is 2.71. The van der Waals surface area contributed by atoms with E-state index in [1.165, 1.54) is 12.0 Å². The summed E-state index contributed by atoms with van der Waals surface area (Å²) in [6.45, 7) is 1.98. The van der Waals surface area contributed by atoms with Crippen LogP contribution in [0.5, 0.6) is 0 Å². The van der Waals surface area contributed by atoms with E-state index in [0.29, 0.717) is 12.2 Å². The molecule has 1 aromatic carbocycles. The van der Waals surface area contributed by atoms with E-state index < -0.39 is 0 Å². The Morgan fingerprint density at radius 3 is 2.41 bits per heavy atom. The molecule has 1 aliphatic carbocycles. The van der Waals surface area contributed by atoms with Gasteiger partial charge in [0, 0.05) is 17.5 Å². The van der Waals surface area contributed by atoms with Gasteiger partial charge >= 0.3 is 0 Å². The first-order chi connectivity index (χ1) is 8.16. The minimum atomic E-state index is 0.0101. The van der Waals surface area contributed by atoms with Crippen LogP contribution in [0.1, 0.15) is 44.6 Å². The first-order valence-corrected chi connectivity index (χ1v) is 6.54. The van der Waals surface area contributed by atoms with Crippen molar-refractivity contribution in [1.82, 2.24) is 0 Å². The van der Waals surface area contributed by atoms with Crippen LogP contribution in [0.25, 0.3) is 0 Å². The van der Waals surface area contributed by atoms with Gasteiger partial charge in [0.1, 0.15) is 5.78 Å². The van der Waals surface area contributed by atoms with Gasteiger partial charge in [0.05, 0.1) is 0 Å². The van der Waals surface area contributed by atoms with Crippen LogP contribution < -0.4 is 5.73 Å². The van der Waals surface area contributed by atoms with Gasteiger partial charge < -0.3 is 5.73 Å². The Morgan fingerprint density at radius 2 is 1.94 bits per heavy atom. The number of nitrogen functional groups attached to an aromatic ring is 1. The van der Waals surface area contributed by atoms with E-state index >= 15 is 0 Å². The van der Waals surface area contributed by atoms with Gasteiger partial charge in [-0.15, -0.1) is 0 Å². The van der Waals surface area contributed by atoms with Crippen molar-refractivity contribution >= 4 is 11.5 Å². The third kappa shape index (κ3) is 2.51. The Labute approximate surface area is 103 Å². The zero-order valence-corrected chi connectivity index (χ0v) is 10.5. The van der Waals surface area contributed by atoms with Crippen molar-refractivity contribution in [2.45, 2.75) is 45.4 Å². The first kappa shape index (κ1) is 12.2. The molecule has 1 saturated carbocycles. The molecule has 0 radical (unpaired) electrons. The Morgan fingerprint density at radius 1 is 1.29 bits per heavy atom. The van der Waals surface area contributed by atoms with Gasteiger partial charge in [0.25, 0.3) is 0 Å².